The lowest BCUT2D eigenvalue weighted by Crippen LogP contribution is -2.02. The van der Waals surface area contributed by atoms with Crippen molar-refractivity contribution in [2.24, 2.45) is 5.92 Å². The second-order valence-corrected chi connectivity index (χ2v) is 7.86. The molecule has 0 atom stereocenters. The van der Waals surface area contributed by atoms with E-state index < -0.39 is 0 Å². The molecule has 0 amide bonds. The Kier molecular flexibility index (Phi) is 2.85. The molecule has 0 aromatic carbocycles. The number of rotatable bonds is 6. The zero-order chi connectivity index (χ0) is 15.4. The molecule has 3 saturated carbocycles. The van der Waals surface area contributed by atoms with Crippen LogP contribution >= 0.6 is 0 Å². The summed E-state index contributed by atoms with van der Waals surface area (Å²) in [5, 5.41) is 7.69. The van der Waals surface area contributed by atoms with Crippen molar-refractivity contribution in [3.8, 4) is 17.1 Å². The van der Waals surface area contributed by atoms with Crippen molar-refractivity contribution in [2.75, 3.05) is 6.61 Å². The lowest BCUT2D eigenvalue weighted by atomic mass is 10.0. The van der Waals surface area contributed by atoms with Gasteiger partial charge in [-0.1, -0.05) is 6.92 Å². The quantitative estimate of drug-likeness (QED) is 0.870. The molecule has 2 aromatic rings. The minimum absolute atomic E-state index is 0.310. The Labute approximate surface area is 136 Å². The van der Waals surface area contributed by atoms with Crippen LogP contribution in [0.15, 0.2) is 18.3 Å². The molecule has 4 heteroatoms. The van der Waals surface area contributed by atoms with Crippen LogP contribution in [0.4, 0.5) is 0 Å². The third kappa shape index (κ3) is 2.64. The van der Waals surface area contributed by atoms with Gasteiger partial charge in [0.05, 0.1) is 12.3 Å². The lowest BCUT2D eigenvalue weighted by molar-refractivity contribution is 0.296. The minimum Gasteiger partial charge on any atom is -0.493 e. The van der Waals surface area contributed by atoms with Crippen molar-refractivity contribution in [2.45, 2.75) is 56.8 Å². The summed E-state index contributed by atoms with van der Waals surface area (Å²) in [7, 11) is 0. The van der Waals surface area contributed by atoms with Gasteiger partial charge in [-0.2, -0.15) is 5.10 Å². The fourth-order valence-electron chi connectivity index (χ4n) is 3.12. The van der Waals surface area contributed by atoms with Crippen molar-refractivity contribution >= 4 is 0 Å². The molecule has 2 aromatic heterocycles. The van der Waals surface area contributed by atoms with Gasteiger partial charge in [0.2, 0.25) is 0 Å². The summed E-state index contributed by atoms with van der Waals surface area (Å²) in [4.78, 5) is 4.67. The molecule has 3 aliphatic rings. The van der Waals surface area contributed by atoms with E-state index in [9.17, 15) is 0 Å². The van der Waals surface area contributed by atoms with Gasteiger partial charge in [0.15, 0.2) is 0 Å². The third-order valence-corrected chi connectivity index (χ3v) is 5.57. The molecule has 0 unspecified atom stereocenters. The minimum atomic E-state index is 0.310. The Morgan fingerprint density at radius 2 is 2.00 bits per heavy atom. The Bertz CT molecular complexity index is 739. The van der Waals surface area contributed by atoms with Gasteiger partial charge in [-0.3, -0.25) is 10.1 Å². The molecule has 3 fully saturated rings. The van der Waals surface area contributed by atoms with Gasteiger partial charge >= 0.3 is 0 Å². The predicted octanol–water partition coefficient (Wildman–Crippen LogP) is 4.19. The van der Waals surface area contributed by atoms with E-state index >= 15 is 0 Å². The van der Waals surface area contributed by atoms with Crippen LogP contribution in [0.1, 0.15) is 62.6 Å². The lowest BCUT2D eigenvalue weighted by Gasteiger charge is -2.11. The molecule has 4 nitrogen and oxygen atoms in total. The van der Waals surface area contributed by atoms with Crippen molar-refractivity contribution in [1.29, 1.82) is 0 Å². The molecular weight excluding hydrogens is 286 g/mol. The predicted molar refractivity (Wildman–Crippen MR) is 88.6 cm³/mol. The van der Waals surface area contributed by atoms with Gasteiger partial charge in [-0.05, 0) is 56.4 Å². The molecule has 5 rings (SSSR count). The number of hydrogen-bond donors (Lipinski definition) is 1. The van der Waals surface area contributed by atoms with Gasteiger partial charge in [0.25, 0.3) is 0 Å². The highest BCUT2D eigenvalue weighted by molar-refractivity contribution is 5.59. The van der Waals surface area contributed by atoms with Crippen LogP contribution in [-0.4, -0.2) is 21.8 Å². The molecule has 0 bridgehead atoms. The maximum Gasteiger partial charge on any atom is 0.126 e. The number of aromatic amines is 1. The topological polar surface area (TPSA) is 50.8 Å². The van der Waals surface area contributed by atoms with E-state index in [0.717, 1.165) is 29.7 Å². The summed E-state index contributed by atoms with van der Waals surface area (Å²) in [5.74, 6) is 2.46. The number of nitrogens with one attached hydrogen (secondary N) is 1. The Morgan fingerprint density at radius 3 is 2.70 bits per heavy atom. The van der Waals surface area contributed by atoms with E-state index in [-0.39, 0.29) is 0 Å². The number of ether oxygens (including phenoxy) is 1. The van der Waals surface area contributed by atoms with Crippen molar-refractivity contribution in [3.05, 3.63) is 29.6 Å². The van der Waals surface area contributed by atoms with Gasteiger partial charge < -0.3 is 4.74 Å². The first kappa shape index (κ1) is 13.6. The summed E-state index contributed by atoms with van der Waals surface area (Å²) in [5.41, 5.74) is 4.70. The second kappa shape index (κ2) is 4.83. The molecule has 120 valence electrons. The number of aromatic nitrogens is 3. The summed E-state index contributed by atoms with van der Waals surface area (Å²) >= 11 is 0. The van der Waals surface area contributed by atoms with E-state index in [1.54, 1.807) is 0 Å². The van der Waals surface area contributed by atoms with Crippen molar-refractivity contribution in [1.82, 2.24) is 15.2 Å². The standard InChI is InChI=1S/C19H23N3O/c1-19(6-7-19)18-9-16(21-22-18)15-8-17(23-11-12-2-3-12)14(10-20-15)13-4-5-13/h8-10,12-13H,2-7,11H2,1H3,(H,21,22). The van der Waals surface area contributed by atoms with Crippen LogP contribution in [0.3, 0.4) is 0 Å². The summed E-state index contributed by atoms with van der Waals surface area (Å²) in [6.45, 7) is 3.14. The third-order valence-electron chi connectivity index (χ3n) is 5.57. The smallest absolute Gasteiger partial charge is 0.126 e. The van der Waals surface area contributed by atoms with Crippen molar-refractivity contribution in [3.63, 3.8) is 0 Å². The van der Waals surface area contributed by atoms with Gasteiger partial charge in [0.1, 0.15) is 11.4 Å². The fraction of sp³-hybridized carbons (Fsp3) is 0.579. The molecule has 1 N–H and O–H groups in total. The second-order valence-electron chi connectivity index (χ2n) is 7.86. The fourth-order valence-corrected chi connectivity index (χ4v) is 3.12. The summed E-state index contributed by atoms with van der Waals surface area (Å²) < 4.78 is 6.13. The average Bonchev–Trinajstić information content (AvgIpc) is 3.43. The molecule has 23 heavy (non-hydrogen) atoms. The molecule has 2 heterocycles. The van der Waals surface area contributed by atoms with E-state index in [0.29, 0.717) is 11.3 Å². The zero-order valence-electron chi connectivity index (χ0n) is 13.6. The van der Waals surface area contributed by atoms with E-state index in [1.807, 2.05) is 6.20 Å². The Morgan fingerprint density at radius 1 is 1.17 bits per heavy atom. The Balaban J connectivity index is 1.44. The van der Waals surface area contributed by atoms with Crippen LogP contribution in [0.25, 0.3) is 11.4 Å². The summed E-state index contributed by atoms with van der Waals surface area (Å²) in [6, 6.07) is 4.27. The Hall–Kier alpha value is -1.84. The molecule has 3 aliphatic carbocycles. The highest BCUT2D eigenvalue weighted by Gasteiger charge is 2.40. The van der Waals surface area contributed by atoms with Crippen LogP contribution in [0.2, 0.25) is 0 Å². The monoisotopic (exact) mass is 309 g/mol. The first-order valence-corrected chi connectivity index (χ1v) is 8.90. The van der Waals surface area contributed by atoms with Crippen LogP contribution in [0, 0.1) is 5.92 Å². The maximum atomic E-state index is 6.13. The molecule has 0 aliphatic heterocycles. The van der Waals surface area contributed by atoms with Crippen LogP contribution in [-0.2, 0) is 5.41 Å². The van der Waals surface area contributed by atoms with Gasteiger partial charge in [-0.25, -0.2) is 0 Å². The number of pyridine rings is 1. The normalized spacial score (nSPS) is 22.1. The maximum absolute atomic E-state index is 6.13. The number of hydrogen-bond acceptors (Lipinski definition) is 3. The number of nitrogens with zero attached hydrogens (tertiary/aromatic N) is 2. The zero-order valence-corrected chi connectivity index (χ0v) is 13.6. The van der Waals surface area contributed by atoms with Crippen molar-refractivity contribution < 1.29 is 4.74 Å². The average molecular weight is 309 g/mol. The summed E-state index contributed by atoms with van der Waals surface area (Å²) in [6.07, 6.45) is 9.69. The molecule has 0 saturated heterocycles. The van der Waals surface area contributed by atoms with E-state index in [2.05, 4.69) is 34.2 Å². The highest BCUT2D eigenvalue weighted by Crippen LogP contribution is 2.48. The number of H-pyrrole nitrogens is 1. The van der Waals surface area contributed by atoms with Crippen LogP contribution < -0.4 is 4.74 Å². The molecular formula is C19H23N3O. The molecule has 0 radical (unpaired) electrons. The van der Waals surface area contributed by atoms with Gasteiger partial charge in [-0.15, -0.1) is 0 Å². The first-order chi connectivity index (χ1) is 11.2. The first-order valence-electron chi connectivity index (χ1n) is 8.90. The van der Waals surface area contributed by atoms with Crippen LogP contribution in [0.5, 0.6) is 5.75 Å². The van der Waals surface area contributed by atoms with Gasteiger partial charge in [0, 0.05) is 28.9 Å². The van der Waals surface area contributed by atoms with E-state index in [1.165, 1.54) is 49.8 Å². The molecule has 0 spiro atoms. The van der Waals surface area contributed by atoms with E-state index in [4.69, 9.17) is 4.74 Å². The highest BCUT2D eigenvalue weighted by atomic mass is 16.5. The largest absolute Gasteiger partial charge is 0.493 e. The SMILES string of the molecule is CC1(c2cc(-c3cc(OCC4CC4)c(C4CC4)cn3)n[nH]2)CC1.